The summed E-state index contributed by atoms with van der Waals surface area (Å²) in [4.78, 5) is 10.7. The summed E-state index contributed by atoms with van der Waals surface area (Å²) in [5, 5.41) is 20.3. The molecule has 0 bridgehead atoms. The molecule has 1 rings (SSSR count). The molecule has 4 heteroatoms. The Hall–Kier alpha value is -2.02. The van der Waals surface area contributed by atoms with Gasteiger partial charge in [0.2, 0.25) is 5.91 Å². The Balaban J connectivity index is 2.85. The van der Waals surface area contributed by atoms with Gasteiger partial charge >= 0.3 is 0 Å². The molecular formula is C10H10N2O2. The van der Waals surface area contributed by atoms with E-state index in [1.54, 1.807) is 12.1 Å². The van der Waals surface area contributed by atoms with Crippen LogP contribution in [0.5, 0.6) is 5.75 Å². The van der Waals surface area contributed by atoms with E-state index in [-0.39, 0.29) is 11.7 Å². The first-order valence-electron chi connectivity index (χ1n) is 4.09. The highest BCUT2D eigenvalue weighted by molar-refractivity contribution is 5.73. The summed E-state index contributed by atoms with van der Waals surface area (Å²) in [5.74, 6) is -0.127. The molecule has 1 atom stereocenters. The average molecular weight is 190 g/mol. The Morgan fingerprint density at radius 1 is 1.50 bits per heavy atom. The highest BCUT2D eigenvalue weighted by atomic mass is 16.3. The van der Waals surface area contributed by atoms with Crippen molar-refractivity contribution in [2.75, 3.05) is 0 Å². The maximum atomic E-state index is 10.7. The molecule has 0 aromatic heterocycles. The number of carbonyl (C=O) groups is 1. The predicted octanol–water partition coefficient (Wildman–Crippen LogP) is 1.09. The van der Waals surface area contributed by atoms with E-state index in [1.165, 1.54) is 19.1 Å². The lowest BCUT2D eigenvalue weighted by atomic mass is 10.1. The molecule has 0 saturated carbocycles. The van der Waals surface area contributed by atoms with Gasteiger partial charge in [0.15, 0.2) is 0 Å². The van der Waals surface area contributed by atoms with Gasteiger partial charge in [-0.1, -0.05) is 12.1 Å². The molecule has 2 N–H and O–H groups in total. The number of nitrogens with one attached hydrogen (secondary N) is 1. The molecule has 0 saturated heterocycles. The van der Waals surface area contributed by atoms with Crippen LogP contribution in [0.4, 0.5) is 0 Å². The quantitative estimate of drug-likeness (QED) is 0.733. The van der Waals surface area contributed by atoms with Crippen molar-refractivity contribution < 1.29 is 9.90 Å². The zero-order chi connectivity index (χ0) is 10.6. The summed E-state index contributed by atoms with van der Waals surface area (Å²) in [6, 6.07) is 7.44. The number of benzene rings is 1. The van der Waals surface area contributed by atoms with Gasteiger partial charge in [-0.05, 0) is 17.7 Å². The van der Waals surface area contributed by atoms with Crippen molar-refractivity contribution >= 4 is 5.91 Å². The second-order valence-electron chi connectivity index (χ2n) is 2.85. The number of aromatic hydroxyl groups is 1. The number of hydrogen-bond donors (Lipinski definition) is 2. The monoisotopic (exact) mass is 190 g/mol. The molecule has 0 aliphatic carbocycles. The van der Waals surface area contributed by atoms with Crippen molar-refractivity contribution in [2.24, 2.45) is 0 Å². The fraction of sp³-hybridized carbons (Fsp3) is 0.200. The summed E-state index contributed by atoms with van der Waals surface area (Å²) in [6.45, 7) is 1.35. The molecule has 1 unspecified atom stereocenters. The molecule has 72 valence electrons. The standard InChI is InChI=1S/C10H10N2O2/c1-7(13)12-10(6-11)8-2-4-9(14)5-3-8/h2-5,10,14H,1H3,(H,12,13). The number of nitriles is 1. The average Bonchev–Trinajstić information content (AvgIpc) is 2.15. The van der Waals surface area contributed by atoms with Gasteiger partial charge in [-0.3, -0.25) is 4.79 Å². The summed E-state index contributed by atoms with van der Waals surface area (Å²) >= 11 is 0. The maximum absolute atomic E-state index is 10.7. The lowest BCUT2D eigenvalue weighted by molar-refractivity contribution is -0.119. The second-order valence-corrected chi connectivity index (χ2v) is 2.85. The van der Waals surface area contributed by atoms with Crippen molar-refractivity contribution in [3.8, 4) is 11.8 Å². The second kappa shape index (κ2) is 4.28. The van der Waals surface area contributed by atoms with Gasteiger partial charge in [0.05, 0.1) is 6.07 Å². The fourth-order valence-electron chi connectivity index (χ4n) is 1.06. The minimum atomic E-state index is -0.659. The van der Waals surface area contributed by atoms with Crippen LogP contribution in [0.25, 0.3) is 0 Å². The summed E-state index contributed by atoms with van der Waals surface area (Å²) in [5.41, 5.74) is 0.653. The SMILES string of the molecule is CC(=O)NC(C#N)c1ccc(O)cc1. The fourth-order valence-corrected chi connectivity index (χ4v) is 1.06. The minimum absolute atomic E-state index is 0.133. The van der Waals surface area contributed by atoms with E-state index in [0.29, 0.717) is 5.56 Å². The predicted molar refractivity (Wildman–Crippen MR) is 50.3 cm³/mol. The van der Waals surface area contributed by atoms with Crippen molar-refractivity contribution in [1.82, 2.24) is 5.32 Å². The molecule has 0 aliphatic rings. The Labute approximate surface area is 81.8 Å². The molecular weight excluding hydrogens is 180 g/mol. The first-order valence-corrected chi connectivity index (χ1v) is 4.09. The number of rotatable bonds is 2. The van der Waals surface area contributed by atoms with E-state index < -0.39 is 6.04 Å². The number of phenols is 1. The number of phenolic OH excluding ortho intramolecular Hbond substituents is 1. The van der Waals surface area contributed by atoms with Crippen LogP contribution in [0.1, 0.15) is 18.5 Å². The van der Waals surface area contributed by atoms with Crippen LogP contribution < -0.4 is 5.32 Å². The topological polar surface area (TPSA) is 73.1 Å². The number of carbonyl (C=O) groups excluding carboxylic acids is 1. The van der Waals surface area contributed by atoms with Crippen molar-refractivity contribution in [3.63, 3.8) is 0 Å². The summed E-state index contributed by atoms with van der Waals surface area (Å²) in [7, 11) is 0. The van der Waals surface area contributed by atoms with E-state index in [4.69, 9.17) is 10.4 Å². The van der Waals surface area contributed by atoms with Gasteiger partial charge in [0, 0.05) is 6.92 Å². The van der Waals surface area contributed by atoms with Gasteiger partial charge in [0.1, 0.15) is 11.8 Å². The lowest BCUT2D eigenvalue weighted by Crippen LogP contribution is -2.24. The largest absolute Gasteiger partial charge is 0.508 e. The molecule has 0 aliphatic heterocycles. The van der Waals surface area contributed by atoms with Crippen LogP contribution >= 0.6 is 0 Å². The number of amides is 1. The highest BCUT2D eigenvalue weighted by Gasteiger charge is 2.10. The van der Waals surface area contributed by atoms with Gasteiger partial charge in [-0.2, -0.15) is 5.26 Å². The molecule has 0 spiro atoms. The van der Waals surface area contributed by atoms with Gasteiger partial charge in [-0.15, -0.1) is 0 Å². The molecule has 14 heavy (non-hydrogen) atoms. The summed E-state index contributed by atoms with van der Waals surface area (Å²) < 4.78 is 0. The summed E-state index contributed by atoms with van der Waals surface area (Å²) in [6.07, 6.45) is 0. The van der Waals surface area contributed by atoms with Crippen LogP contribution in [0.15, 0.2) is 24.3 Å². The van der Waals surface area contributed by atoms with Crippen molar-refractivity contribution in [2.45, 2.75) is 13.0 Å². The Morgan fingerprint density at radius 2 is 2.07 bits per heavy atom. The van der Waals surface area contributed by atoms with Crippen LogP contribution in [0.3, 0.4) is 0 Å². The third-order valence-corrected chi connectivity index (χ3v) is 1.70. The van der Waals surface area contributed by atoms with Gasteiger partial charge < -0.3 is 10.4 Å². The van der Waals surface area contributed by atoms with E-state index in [1.807, 2.05) is 6.07 Å². The van der Waals surface area contributed by atoms with E-state index in [2.05, 4.69) is 5.32 Å². The van der Waals surface area contributed by atoms with Crippen LogP contribution in [-0.4, -0.2) is 11.0 Å². The maximum Gasteiger partial charge on any atom is 0.218 e. The Morgan fingerprint density at radius 3 is 2.50 bits per heavy atom. The normalized spacial score (nSPS) is 11.4. The zero-order valence-electron chi connectivity index (χ0n) is 7.69. The molecule has 0 heterocycles. The van der Waals surface area contributed by atoms with Crippen LogP contribution in [0.2, 0.25) is 0 Å². The smallest absolute Gasteiger partial charge is 0.218 e. The first-order chi connectivity index (χ1) is 6.63. The number of nitrogens with zero attached hydrogens (tertiary/aromatic N) is 1. The van der Waals surface area contributed by atoms with E-state index in [0.717, 1.165) is 0 Å². The Bertz CT molecular complexity index is 365. The van der Waals surface area contributed by atoms with Crippen molar-refractivity contribution in [3.05, 3.63) is 29.8 Å². The lowest BCUT2D eigenvalue weighted by Gasteiger charge is -2.09. The van der Waals surface area contributed by atoms with Crippen molar-refractivity contribution in [1.29, 1.82) is 5.26 Å². The van der Waals surface area contributed by atoms with E-state index >= 15 is 0 Å². The van der Waals surface area contributed by atoms with E-state index in [9.17, 15) is 4.79 Å². The van der Waals surface area contributed by atoms with Gasteiger partial charge in [0.25, 0.3) is 0 Å². The molecule has 1 aromatic carbocycles. The Kier molecular flexibility index (Phi) is 3.08. The molecule has 0 radical (unpaired) electrons. The van der Waals surface area contributed by atoms with Crippen LogP contribution in [-0.2, 0) is 4.79 Å². The molecule has 0 fully saturated rings. The zero-order valence-corrected chi connectivity index (χ0v) is 7.69. The van der Waals surface area contributed by atoms with Gasteiger partial charge in [-0.25, -0.2) is 0 Å². The highest BCUT2D eigenvalue weighted by Crippen LogP contribution is 2.15. The minimum Gasteiger partial charge on any atom is -0.508 e. The number of hydrogen-bond acceptors (Lipinski definition) is 3. The molecule has 4 nitrogen and oxygen atoms in total. The molecule has 1 aromatic rings. The van der Waals surface area contributed by atoms with Crippen LogP contribution in [0, 0.1) is 11.3 Å². The molecule has 1 amide bonds. The first kappa shape index (κ1) is 10.1. The third kappa shape index (κ3) is 2.49. The third-order valence-electron chi connectivity index (χ3n) is 1.70.